The largest absolute Gasteiger partial charge is 0.269 e. The van der Waals surface area contributed by atoms with E-state index in [2.05, 4.69) is 21.0 Å². The van der Waals surface area contributed by atoms with Crippen LogP contribution in [-0.4, -0.2) is 14.7 Å². The molecule has 2 rings (SSSR count). The fraction of sp³-hybridized carbons (Fsp3) is 0.100. The molecule has 16 heavy (non-hydrogen) atoms. The summed E-state index contributed by atoms with van der Waals surface area (Å²) in [6.07, 6.45) is 1.69. The Morgan fingerprint density at radius 2 is 2.00 bits per heavy atom. The lowest BCUT2D eigenvalue weighted by atomic mass is 10.3. The maximum atomic E-state index is 10.5. The van der Waals surface area contributed by atoms with E-state index in [-0.39, 0.29) is 5.69 Å². The highest BCUT2D eigenvalue weighted by Crippen LogP contribution is 2.20. The summed E-state index contributed by atoms with van der Waals surface area (Å²) in [6.45, 7) is 1.92. The van der Waals surface area contributed by atoms with Crippen molar-refractivity contribution in [1.29, 1.82) is 0 Å². The molecule has 2 aromatic rings. The Morgan fingerprint density at radius 1 is 1.38 bits per heavy atom. The average molecular weight is 282 g/mol. The van der Waals surface area contributed by atoms with E-state index >= 15 is 0 Å². The van der Waals surface area contributed by atoms with E-state index in [1.807, 2.05) is 6.92 Å². The van der Waals surface area contributed by atoms with Crippen molar-refractivity contribution < 1.29 is 4.92 Å². The van der Waals surface area contributed by atoms with Gasteiger partial charge in [-0.15, -0.1) is 0 Å². The minimum atomic E-state index is -0.421. The molecule has 0 N–H and O–H groups in total. The summed E-state index contributed by atoms with van der Waals surface area (Å²) >= 11 is 3.36. The van der Waals surface area contributed by atoms with Crippen molar-refractivity contribution in [2.45, 2.75) is 6.92 Å². The van der Waals surface area contributed by atoms with Crippen LogP contribution in [0.2, 0.25) is 0 Å². The summed E-state index contributed by atoms with van der Waals surface area (Å²) in [5, 5.41) is 14.7. The molecule has 0 saturated heterocycles. The molecule has 0 bridgehead atoms. The number of halogens is 1. The van der Waals surface area contributed by atoms with Gasteiger partial charge in [0.1, 0.15) is 0 Å². The molecule has 0 spiro atoms. The van der Waals surface area contributed by atoms with Crippen LogP contribution in [0.5, 0.6) is 0 Å². The highest BCUT2D eigenvalue weighted by atomic mass is 79.9. The molecule has 0 aliphatic carbocycles. The molecular weight excluding hydrogens is 274 g/mol. The summed E-state index contributed by atoms with van der Waals surface area (Å²) in [5.74, 6) is 0. The molecule has 0 aliphatic rings. The van der Waals surface area contributed by atoms with Crippen molar-refractivity contribution in [3.8, 4) is 5.69 Å². The van der Waals surface area contributed by atoms with Gasteiger partial charge in [-0.25, -0.2) is 4.68 Å². The normalized spacial score (nSPS) is 10.4. The monoisotopic (exact) mass is 281 g/mol. The van der Waals surface area contributed by atoms with E-state index < -0.39 is 4.92 Å². The summed E-state index contributed by atoms with van der Waals surface area (Å²) in [5.41, 5.74) is 1.83. The van der Waals surface area contributed by atoms with Crippen LogP contribution in [0.25, 0.3) is 5.69 Å². The first kappa shape index (κ1) is 10.8. The van der Waals surface area contributed by atoms with Crippen molar-refractivity contribution in [1.82, 2.24) is 9.78 Å². The predicted octanol–water partition coefficient (Wildman–Crippen LogP) is 2.85. The number of rotatable bonds is 2. The summed E-state index contributed by atoms with van der Waals surface area (Å²) in [7, 11) is 0. The van der Waals surface area contributed by atoms with Crippen LogP contribution in [0.4, 0.5) is 5.69 Å². The third-order valence-corrected chi connectivity index (χ3v) is 3.03. The fourth-order valence-electron chi connectivity index (χ4n) is 1.37. The van der Waals surface area contributed by atoms with Gasteiger partial charge in [-0.1, -0.05) is 0 Å². The molecule has 1 aromatic heterocycles. The maximum Gasteiger partial charge on any atom is 0.269 e. The lowest BCUT2D eigenvalue weighted by molar-refractivity contribution is -0.384. The third-order valence-electron chi connectivity index (χ3n) is 2.25. The molecule has 0 atom stereocenters. The number of nitrogens with zero attached hydrogens (tertiary/aromatic N) is 3. The zero-order valence-corrected chi connectivity index (χ0v) is 10.0. The van der Waals surface area contributed by atoms with Crippen LogP contribution in [0.15, 0.2) is 34.9 Å². The van der Waals surface area contributed by atoms with Gasteiger partial charge < -0.3 is 0 Å². The number of nitro groups is 1. The van der Waals surface area contributed by atoms with E-state index in [4.69, 9.17) is 0 Å². The highest BCUT2D eigenvalue weighted by Gasteiger charge is 2.08. The lowest BCUT2D eigenvalue weighted by Gasteiger charge is -2.03. The number of hydrogen-bond donors (Lipinski definition) is 0. The van der Waals surface area contributed by atoms with Gasteiger partial charge in [0.2, 0.25) is 0 Å². The summed E-state index contributed by atoms with van der Waals surface area (Å²) in [4.78, 5) is 10.1. The SMILES string of the molecule is Cc1c(Br)cnn1-c1ccc([N+](=O)[O-])cc1. The molecular formula is C10H8BrN3O2. The Bertz CT molecular complexity index is 533. The smallest absolute Gasteiger partial charge is 0.258 e. The van der Waals surface area contributed by atoms with E-state index in [0.717, 1.165) is 15.9 Å². The van der Waals surface area contributed by atoms with Crippen LogP contribution >= 0.6 is 15.9 Å². The highest BCUT2D eigenvalue weighted by molar-refractivity contribution is 9.10. The fourth-order valence-corrected chi connectivity index (χ4v) is 1.63. The van der Waals surface area contributed by atoms with Crippen LogP contribution in [-0.2, 0) is 0 Å². The minimum Gasteiger partial charge on any atom is -0.258 e. The summed E-state index contributed by atoms with van der Waals surface area (Å²) in [6, 6.07) is 6.27. The van der Waals surface area contributed by atoms with Crippen molar-refractivity contribution in [2.75, 3.05) is 0 Å². The Hall–Kier alpha value is -1.69. The van der Waals surface area contributed by atoms with Crippen LogP contribution in [0.1, 0.15) is 5.69 Å². The molecule has 0 unspecified atom stereocenters. The first-order chi connectivity index (χ1) is 7.59. The van der Waals surface area contributed by atoms with Crippen LogP contribution < -0.4 is 0 Å². The standard InChI is InChI=1S/C10H8BrN3O2/c1-7-10(11)6-12-13(7)8-2-4-9(5-3-8)14(15)16/h2-6H,1H3. The zero-order valence-electron chi connectivity index (χ0n) is 8.42. The topological polar surface area (TPSA) is 61.0 Å². The van der Waals surface area contributed by atoms with E-state index in [1.54, 1.807) is 23.0 Å². The third kappa shape index (κ3) is 1.83. The number of non-ortho nitro benzene ring substituents is 1. The second kappa shape index (κ2) is 4.05. The van der Waals surface area contributed by atoms with E-state index in [1.165, 1.54) is 12.1 Å². The van der Waals surface area contributed by atoms with Crippen molar-refractivity contribution in [3.63, 3.8) is 0 Å². The Labute approximate surface area is 100.0 Å². The van der Waals surface area contributed by atoms with Crippen molar-refractivity contribution >= 4 is 21.6 Å². The maximum absolute atomic E-state index is 10.5. The van der Waals surface area contributed by atoms with Gasteiger partial charge >= 0.3 is 0 Å². The Balaban J connectivity index is 2.42. The first-order valence-corrected chi connectivity index (χ1v) is 5.34. The summed E-state index contributed by atoms with van der Waals surface area (Å²) < 4.78 is 2.62. The number of aromatic nitrogens is 2. The molecule has 0 fully saturated rings. The molecule has 0 aliphatic heterocycles. The number of benzene rings is 1. The van der Waals surface area contributed by atoms with Gasteiger partial charge in [-0.05, 0) is 35.0 Å². The zero-order chi connectivity index (χ0) is 11.7. The number of hydrogen-bond acceptors (Lipinski definition) is 3. The molecule has 0 radical (unpaired) electrons. The molecule has 0 saturated carbocycles. The lowest BCUT2D eigenvalue weighted by Crippen LogP contribution is -1.98. The average Bonchev–Trinajstić information content (AvgIpc) is 2.60. The molecule has 1 heterocycles. The molecule has 82 valence electrons. The van der Waals surface area contributed by atoms with Gasteiger partial charge in [0.15, 0.2) is 0 Å². The minimum absolute atomic E-state index is 0.0765. The van der Waals surface area contributed by atoms with Crippen molar-refractivity contribution in [3.05, 3.63) is 50.7 Å². The van der Waals surface area contributed by atoms with Gasteiger partial charge in [-0.3, -0.25) is 10.1 Å². The van der Waals surface area contributed by atoms with Crippen molar-refractivity contribution in [2.24, 2.45) is 0 Å². The quantitative estimate of drug-likeness (QED) is 0.628. The molecule has 6 heteroatoms. The van der Waals surface area contributed by atoms with Gasteiger partial charge in [-0.2, -0.15) is 5.10 Å². The molecule has 1 aromatic carbocycles. The van der Waals surface area contributed by atoms with Gasteiger partial charge in [0.05, 0.1) is 27.0 Å². The van der Waals surface area contributed by atoms with Crippen LogP contribution in [0, 0.1) is 17.0 Å². The van der Waals surface area contributed by atoms with Crippen LogP contribution in [0.3, 0.4) is 0 Å². The van der Waals surface area contributed by atoms with Gasteiger partial charge in [0.25, 0.3) is 5.69 Å². The van der Waals surface area contributed by atoms with Gasteiger partial charge in [0, 0.05) is 12.1 Å². The predicted molar refractivity (Wildman–Crippen MR) is 62.7 cm³/mol. The molecule has 5 nitrogen and oxygen atoms in total. The molecule has 0 amide bonds. The second-order valence-corrected chi connectivity index (χ2v) is 4.12. The Kier molecular flexibility index (Phi) is 2.74. The Morgan fingerprint density at radius 3 is 2.44 bits per heavy atom. The number of nitro benzene ring substituents is 1. The first-order valence-electron chi connectivity index (χ1n) is 4.54. The second-order valence-electron chi connectivity index (χ2n) is 3.26. The van der Waals surface area contributed by atoms with E-state index in [0.29, 0.717) is 0 Å². The van der Waals surface area contributed by atoms with E-state index in [9.17, 15) is 10.1 Å².